The van der Waals surface area contributed by atoms with Crippen molar-refractivity contribution in [1.29, 1.82) is 0 Å². The van der Waals surface area contributed by atoms with Crippen molar-refractivity contribution in [2.75, 3.05) is 14.2 Å². The molecule has 0 N–H and O–H groups in total. The van der Waals surface area contributed by atoms with Crippen LogP contribution in [0.5, 0.6) is 0 Å². The lowest BCUT2D eigenvalue weighted by Crippen LogP contribution is -2.48. The number of rotatable bonds is 15. The number of azide groups is 1. The van der Waals surface area contributed by atoms with Gasteiger partial charge in [0, 0.05) is 23.4 Å². The van der Waals surface area contributed by atoms with Crippen LogP contribution in [0.4, 0.5) is 0 Å². The SMILES string of the molecule is CC[C@H](C)[C@H](N=[N+]=[N-])C(=O)N(C)[C@H](C[C@@H](O[Si](CC)(CC)CC)c1nc(C(=O)OC)cs1)C(C)C. The lowest BCUT2D eigenvalue weighted by Gasteiger charge is -2.38. The van der Waals surface area contributed by atoms with Gasteiger partial charge < -0.3 is 14.1 Å². The first-order valence-corrected chi connectivity index (χ1v) is 16.0. The molecule has 0 aliphatic rings. The van der Waals surface area contributed by atoms with E-state index in [4.69, 9.17) is 14.7 Å². The van der Waals surface area contributed by atoms with Crippen molar-refractivity contribution in [3.8, 4) is 0 Å². The molecule has 1 heterocycles. The standard InChI is InChI=1S/C24H43N5O4SSi/c1-10-17(7)21(27-28-25)23(30)29(8)19(16(5)6)14-20(33-35(11-2,12-3)13-4)22-26-18(15-34-22)24(31)32-9/h15-17,19-21H,10-14H2,1-9H3/t17-,19+,20+,21-/m0/s1. The van der Waals surface area contributed by atoms with Gasteiger partial charge in [0.15, 0.2) is 14.0 Å². The Labute approximate surface area is 215 Å². The van der Waals surface area contributed by atoms with Gasteiger partial charge in [-0.15, -0.1) is 11.3 Å². The molecular weight excluding hydrogens is 482 g/mol. The van der Waals surface area contributed by atoms with Crippen LogP contribution in [0.15, 0.2) is 10.5 Å². The third-order valence-corrected chi connectivity index (χ3v) is 12.8. The normalized spacial score (nSPS) is 15.1. The number of esters is 1. The van der Waals surface area contributed by atoms with Crippen molar-refractivity contribution in [3.63, 3.8) is 0 Å². The summed E-state index contributed by atoms with van der Waals surface area (Å²) in [5.41, 5.74) is 9.32. The van der Waals surface area contributed by atoms with Gasteiger partial charge in [0.25, 0.3) is 0 Å². The summed E-state index contributed by atoms with van der Waals surface area (Å²) < 4.78 is 11.7. The zero-order valence-electron chi connectivity index (χ0n) is 22.8. The topological polar surface area (TPSA) is 117 Å². The van der Waals surface area contributed by atoms with Crippen LogP contribution in [0.25, 0.3) is 10.4 Å². The summed E-state index contributed by atoms with van der Waals surface area (Å²) in [6, 6.07) is 1.99. The van der Waals surface area contributed by atoms with Crippen LogP contribution in [-0.2, 0) is 14.0 Å². The lowest BCUT2D eigenvalue weighted by molar-refractivity contribution is -0.136. The highest BCUT2D eigenvalue weighted by atomic mass is 32.1. The number of nitrogens with zero attached hydrogens (tertiary/aromatic N) is 5. The Morgan fingerprint density at radius 2 is 1.80 bits per heavy atom. The maximum Gasteiger partial charge on any atom is 0.357 e. The Morgan fingerprint density at radius 3 is 2.26 bits per heavy atom. The predicted octanol–water partition coefficient (Wildman–Crippen LogP) is 6.59. The first-order valence-electron chi connectivity index (χ1n) is 12.6. The fourth-order valence-electron chi connectivity index (χ4n) is 4.29. The molecule has 35 heavy (non-hydrogen) atoms. The van der Waals surface area contributed by atoms with Gasteiger partial charge in [-0.25, -0.2) is 9.78 Å². The summed E-state index contributed by atoms with van der Waals surface area (Å²) in [5, 5.41) is 6.25. The summed E-state index contributed by atoms with van der Waals surface area (Å²) >= 11 is 1.39. The van der Waals surface area contributed by atoms with Gasteiger partial charge in [0.1, 0.15) is 11.0 Å². The van der Waals surface area contributed by atoms with E-state index in [1.807, 2.05) is 13.8 Å². The van der Waals surface area contributed by atoms with Crippen LogP contribution >= 0.6 is 11.3 Å². The van der Waals surface area contributed by atoms with Crippen molar-refractivity contribution in [1.82, 2.24) is 9.88 Å². The first kappa shape index (κ1) is 31.1. The summed E-state index contributed by atoms with van der Waals surface area (Å²) in [7, 11) is 1.08. The Morgan fingerprint density at radius 1 is 1.20 bits per heavy atom. The van der Waals surface area contributed by atoms with Crippen molar-refractivity contribution in [2.45, 2.75) is 97.6 Å². The van der Waals surface area contributed by atoms with E-state index in [2.05, 4.69) is 49.6 Å². The average Bonchev–Trinajstić information content (AvgIpc) is 3.36. The van der Waals surface area contributed by atoms with Gasteiger partial charge >= 0.3 is 5.97 Å². The molecule has 1 rings (SSSR count). The highest BCUT2D eigenvalue weighted by Gasteiger charge is 2.38. The molecule has 0 aliphatic heterocycles. The summed E-state index contributed by atoms with van der Waals surface area (Å²) in [6.07, 6.45) is 0.912. The number of carbonyl (C=O) groups is 2. The number of thiazole rings is 1. The van der Waals surface area contributed by atoms with Crippen LogP contribution in [0.2, 0.25) is 18.1 Å². The molecule has 0 unspecified atom stereocenters. The highest BCUT2D eigenvalue weighted by Crippen LogP contribution is 2.36. The molecule has 1 amide bonds. The Kier molecular flexibility index (Phi) is 12.9. The van der Waals surface area contributed by atoms with Gasteiger partial charge in [-0.3, -0.25) is 4.79 Å². The van der Waals surface area contributed by atoms with Crippen LogP contribution in [0.1, 0.15) is 82.9 Å². The van der Waals surface area contributed by atoms with Crippen molar-refractivity contribution in [2.24, 2.45) is 17.0 Å². The largest absolute Gasteiger partial charge is 0.464 e. The van der Waals surface area contributed by atoms with E-state index >= 15 is 0 Å². The smallest absolute Gasteiger partial charge is 0.357 e. The molecule has 0 aliphatic carbocycles. The molecule has 1 aromatic rings. The zero-order chi connectivity index (χ0) is 26.8. The number of aromatic nitrogens is 1. The number of hydrogen-bond donors (Lipinski definition) is 0. The monoisotopic (exact) mass is 525 g/mol. The Balaban J connectivity index is 3.41. The van der Waals surface area contributed by atoms with Crippen LogP contribution < -0.4 is 0 Å². The maximum atomic E-state index is 13.4. The van der Waals surface area contributed by atoms with E-state index in [0.717, 1.165) is 29.6 Å². The molecule has 0 bridgehead atoms. The van der Waals surface area contributed by atoms with Crippen LogP contribution in [0, 0.1) is 11.8 Å². The zero-order valence-corrected chi connectivity index (χ0v) is 24.6. The van der Waals surface area contributed by atoms with E-state index in [0.29, 0.717) is 6.42 Å². The second kappa shape index (κ2) is 14.6. The summed E-state index contributed by atoms with van der Waals surface area (Å²) in [6.45, 7) is 14.6. The number of ether oxygens (including phenoxy) is 1. The van der Waals surface area contributed by atoms with Gasteiger partial charge in [-0.1, -0.05) is 60.0 Å². The number of hydrogen-bond acceptors (Lipinski definition) is 7. The molecule has 0 fully saturated rings. The minimum atomic E-state index is -2.03. The average molecular weight is 526 g/mol. The van der Waals surface area contributed by atoms with E-state index in [-0.39, 0.29) is 35.6 Å². The van der Waals surface area contributed by atoms with Gasteiger partial charge in [-0.2, -0.15) is 0 Å². The van der Waals surface area contributed by atoms with Gasteiger partial charge in [-0.05, 0) is 41.9 Å². The second-order valence-electron chi connectivity index (χ2n) is 9.44. The quantitative estimate of drug-likeness (QED) is 0.0841. The molecule has 0 spiro atoms. The minimum Gasteiger partial charge on any atom is -0.464 e. The molecular formula is C24H43N5O4SSi. The van der Waals surface area contributed by atoms with Crippen LogP contribution in [0.3, 0.4) is 0 Å². The fourth-order valence-corrected chi connectivity index (χ4v) is 8.01. The third kappa shape index (κ3) is 8.03. The van der Waals surface area contributed by atoms with Crippen LogP contribution in [-0.4, -0.2) is 56.3 Å². The van der Waals surface area contributed by atoms with Crippen molar-refractivity contribution in [3.05, 3.63) is 26.5 Å². The summed E-state index contributed by atoms with van der Waals surface area (Å²) in [4.78, 5) is 34.7. The molecule has 11 heteroatoms. The fraction of sp³-hybridized carbons (Fsp3) is 0.792. The molecule has 9 nitrogen and oxygen atoms in total. The highest BCUT2D eigenvalue weighted by molar-refractivity contribution is 7.09. The third-order valence-electron chi connectivity index (χ3n) is 7.20. The number of amides is 1. The minimum absolute atomic E-state index is 0.0670. The Bertz CT molecular complexity index is 862. The summed E-state index contributed by atoms with van der Waals surface area (Å²) in [5.74, 6) is -0.606. The molecule has 0 aromatic carbocycles. The van der Waals surface area contributed by atoms with E-state index in [9.17, 15) is 9.59 Å². The van der Waals surface area contributed by atoms with Crippen molar-refractivity contribution < 1.29 is 18.8 Å². The number of carbonyl (C=O) groups excluding carboxylic acids is 2. The molecule has 0 radical (unpaired) electrons. The first-order chi connectivity index (χ1) is 16.5. The predicted molar refractivity (Wildman–Crippen MR) is 143 cm³/mol. The number of methoxy groups -OCH3 is 1. The van der Waals surface area contributed by atoms with E-state index in [1.54, 1.807) is 17.3 Å². The molecule has 1 aromatic heterocycles. The second-order valence-corrected chi connectivity index (χ2v) is 15.1. The maximum absolute atomic E-state index is 13.4. The lowest BCUT2D eigenvalue weighted by atomic mass is 9.93. The molecule has 0 saturated heterocycles. The Hall–Kier alpha value is -1.94. The molecule has 198 valence electrons. The molecule has 0 saturated carbocycles. The van der Waals surface area contributed by atoms with E-state index < -0.39 is 20.3 Å². The van der Waals surface area contributed by atoms with Crippen molar-refractivity contribution >= 4 is 31.5 Å². The van der Waals surface area contributed by atoms with Gasteiger partial charge in [0.2, 0.25) is 5.91 Å². The molecule has 4 atom stereocenters. The van der Waals surface area contributed by atoms with Gasteiger partial charge in [0.05, 0.1) is 13.2 Å². The van der Waals surface area contributed by atoms with E-state index in [1.165, 1.54) is 18.4 Å². The number of likely N-dealkylation sites (N-methyl/N-ethyl adjacent to an activating group) is 1.